The van der Waals surface area contributed by atoms with Crippen molar-refractivity contribution in [2.75, 3.05) is 24.9 Å². The molecule has 4 N–H and O–H groups in total. The highest BCUT2D eigenvalue weighted by Crippen LogP contribution is 2.30. The summed E-state index contributed by atoms with van der Waals surface area (Å²) in [4.78, 5) is 10.9. The van der Waals surface area contributed by atoms with E-state index in [1.54, 1.807) is 11.3 Å². The highest BCUT2D eigenvalue weighted by molar-refractivity contribution is 7.18. The maximum atomic E-state index is 5.37. The lowest BCUT2D eigenvalue weighted by Gasteiger charge is -2.13. The molecular weight excluding hydrogens is 236 g/mol. The molecule has 0 saturated heterocycles. The zero-order chi connectivity index (χ0) is 12.4. The fourth-order valence-corrected chi connectivity index (χ4v) is 2.47. The van der Waals surface area contributed by atoms with Crippen molar-refractivity contribution in [3.05, 3.63) is 10.9 Å². The average Bonchev–Trinajstić information content (AvgIpc) is 2.71. The van der Waals surface area contributed by atoms with Gasteiger partial charge >= 0.3 is 0 Å². The number of nitrogen functional groups attached to an aromatic ring is 1. The minimum atomic E-state index is 0.423. The average molecular weight is 252 g/mol. The Kier molecular flexibility index (Phi) is 3.41. The monoisotopic (exact) mass is 252 g/mol. The Balaban J connectivity index is 2.56. The zero-order valence-electron chi connectivity index (χ0n) is 10.1. The normalized spacial score (nSPS) is 11.1. The van der Waals surface area contributed by atoms with Crippen LogP contribution in [0.2, 0.25) is 0 Å². The van der Waals surface area contributed by atoms with Crippen LogP contribution in [0.4, 0.5) is 11.8 Å². The molecule has 7 heteroatoms. The van der Waals surface area contributed by atoms with Crippen LogP contribution in [0.15, 0.2) is 6.07 Å². The minimum Gasteiger partial charge on any atom is -0.303 e. The molecule has 0 aliphatic rings. The van der Waals surface area contributed by atoms with Crippen molar-refractivity contribution in [3.63, 3.8) is 0 Å². The lowest BCUT2D eigenvalue weighted by atomic mass is 10.3. The van der Waals surface area contributed by atoms with E-state index in [9.17, 15) is 0 Å². The molecule has 2 aromatic heterocycles. The lowest BCUT2D eigenvalue weighted by Crippen LogP contribution is -2.21. The molecule has 0 aliphatic carbocycles. The van der Waals surface area contributed by atoms with Crippen LogP contribution in [0, 0.1) is 0 Å². The van der Waals surface area contributed by atoms with E-state index in [0.717, 1.165) is 22.5 Å². The van der Waals surface area contributed by atoms with Gasteiger partial charge in [0.05, 0.1) is 5.39 Å². The van der Waals surface area contributed by atoms with Gasteiger partial charge in [0, 0.05) is 19.0 Å². The first-order chi connectivity index (χ1) is 8.13. The predicted octanol–water partition coefficient (Wildman–Crippen LogP) is 1.43. The summed E-state index contributed by atoms with van der Waals surface area (Å²) in [7, 11) is 3.83. The Morgan fingerprint density at radius 2 is 2.18 bits per heavy atom. The Bertz CT molecular complexity index is 521. The molecule has 2 aromatic rings. The maximum absolute atomic E-state index is 5.37. The van der Waals surface area contributed by atoms with E-state index in [0.29, 0.717) is 5.95 Å². The predicted molar refractivity (Wildman–Crippen MR) is 71.9 cm³/mol. The van der Waals surface area contributed by atoms with Gasteiger partial charge in [-0.15, -0.1) is 11.3 Å². The molecule has 0 unspecified atom stereocenters. The van der Waals surface area contributed by atoms with Gasteiger partial charge in [0.1, 0.15) is 4.83 Å². The van der Waals surface area contributed by atoms with Gasteiger partial charge in [-0.3, -0.25) is 5.43 Å². The second-order valence-electron chi connectivity index (χ2n) is 3.83. The second-order valence-corrected chi connectivity index (χ2v) is 4.95. The van der Waals surface area contributed by atoms with Crippen molar-refractivity contribution in [3.8, 4) is 0 Å². The lowest BCUT2D eigenvalue weighted by molar-refractivity contribution is 0.493. The first-order valence-electron chi connectivity index (χ1n) is 5.35. The third-order valence-corrected chi connectivity index (χ3v) is 3.42. The van der Waals surface area contributed by atoms with Crippen LogP contribution in [0.1, 0.15) is 11.8 Å². The van der Waals surface area contributed by atoms with Crippen LogP contribution in [0.5, 0.6) is 0 Å². The Labute approximate surface area is 104 Å². The summed E-state index contributed by atoms with van der Waals surface area (Å²) in [5.74, 6) is 6.56. The molecule has 0 atom stereocenters. The Morgan fingerprint density at radius 1 is 1.41 bits per heavy atom. The molecule has 17 heavy (non-hydrogen) atoms. The van der Waals surface area contributed by atoms with E-state index in [1.165, 1.54) is 4.88 Å². The molecule has 0 aromatic carbocycles. The number of nitrogens with two attached hydrogens (primary N) is 1. The van der Waals surface area contributed by atoms with Crippen LogP contribution >= 0.6 is 11.3 Å². The molecule has 0 spiro atoms. The highest BCUT2D eigenvalue weighted by Gasteiger charge is 2.11. The van der Waals surface area contributed by atoms with Gasteiger partial charge in [-0.2, -0.15) is 4.98 Å². The molecule has 6 nitrogen and oxygen atoms in total. The van der Waals surface area contributed by atoms with Gasteiger partial charge < -0.3 is 5.43 Å². The van der Waals surface area contributed by atoms with Gasteiger partial charge in [0.2, 0.25) is 5.95 Å². The van der Waals surface area contributed by atoms with E-state index < -0.39 is 0 Å². The number of thiophene rings is 1. The van der Waals surface area contributed by atoms with Gasteiger partial charge in [-0.05, 0) is 12.5 Å². The van der Waals surface area contributed by atoms with Crippen molar-refractivity contribution in [2.45, 2.75) is 13.3 Å². The SMILES string of the molecule is CCc1cc2c(NN(C)C)nc(NN)nc2s1. The van der Waals surface area contributed by atoms with E-state index >= 15 is 0 Å². The van der Waals surface area contributed by atoms with E-state index in [-0.39, 0.29) is 0 Å². The number of fused-ring (bicyclic) bond motifs is 1. The number of aromatic nitrogens is 2. The summed E-state index contributed by atoms with van der Waals surface area (Å²) in [5.41, 5.74) is 5.64. The van der Waals surface area contributed by atoms with Crippen LogP contribution in [-0.4, -0.2) is 29.1 Å². The van der Waals surface area contributed by atoms with Crippen molar-refractivity contribution < 1.29 is 0 Å². The molecule has 0 radical (unpaired) electrons. The van der Waals surface area contributed by atoms with Gasteiger partial charge in [0.25, 0.3) is 0 Å². The molecule has 0 bridgehead atoms. The van der Waals surface area contributed by atoms with E-state index in [2.05, 4.69) is 33.8 Å². The Hall–Kier alpha value is -1.44. The quantitative estimate of drug-likeness (QED) is 0.564. The van der Waals surface area contributed by atoms with Crippen LogP contribution in [0.3, 0.4) is 0 Å². The highest BCUT2D eigenvalue weighted by atomic mass is 32.1. The molecular formula is C10H16N6S. The molecule has 2 heterocycles. The van der Waals surface area contributed by atoms with Gasteiger partial charge in [-0.1, -0.05) is 6.92 Å². The maximum Gasteiger partial charge on any atom is 0.240 e. The number of hydrogen-bond donors (Lipinski definition) is 3. The second kappa shape index (κ2) is 4.82. The minimum absolute atomic E-state index is 0.423. The third-order valence-electron chi connectivity index (χ3n) is 2.25. The third kappa shape index (κ3) is 2.46. The Morgan fingerprint density at radius 3 is 2.76 bits per heavy atom. The zero-order valence-corrected chi connectivity index (χ0v) is 10.9. The fourth-order valence-electron chi connectivity index (χ4n) is 1.51. The molecule has 2 rings (SSSR count). The molecule has 0 fully saturated rings. The summed E-state index contributed by atoms with van der Waals surface area (Å²) >= 11 is 1.66. The molecule has 92 valence electrons. The van der Waals surface area contributed by atoms with E-state index in [4.69, 9.17) is 5.84 Å². The number of nitrogens with zero attached hydrogens (tertiary/aromatic N) is 3. The summed E-state index contributed by atoms with van der Waals surface area (Å²) in [5, 5.41) is 2.87. The van der Waals surface area contributed by atoms with Crippen LogP contribution < -0.4 is 16.7 Å². The summed E-state index contributed by atoms with van der Waals surface area (Å²) in [6, 6.07) is 2.12. The first kappa shape index (κ1) is 12.0. The topological polar surface area (TPSA) is 79.1 Å². The van der Waals surface area contributed by atoms with Crippen molar-refractivity contribution in [2.24, 2.45) is 5.84 Å². The number of hydrogen-bond acceptors (Lipinski definition) is 7. The van der Waals surface area contributed by atoms with Crippen LogP contribution in [0.25, 0.3) is 10.2 Å². The standard InChI is InChI=1S/C10H16N6S/c1-4-6-5-7-8(15-16(2)3)12-10(14-11)13-9(7)17-6/h5H,4,11H2,1-3H3,(H2,12,13,14,15). The van der Waals surface area contributed by atoms with Gasteiger partial charge in [-0.25, -0.2) is 15.8 Å². The van der Waals surface area contributed by atoms with Gasteiger partial charge in [0.15, 0.2) is 5.82 Å². The summed E-state index contributed by atoms with van der Waals surface area (Å²) in [6.45, 7) is 2.12. The number of anilines is 2. The fraction of sp³-hybridized carbons (Fsp3) is 0.400. The molecule has 0 aliphatic heterocycles. The van der Waals surface area contributed by atoms with Crippen molar-refractivity contribution in [1.29, 1.82) is 0 Å². The smallest absolute Gasteiger partial charge is 0.240 e. The number of rotatable bonds is 4. The van der Waals surface area contributed by atoms with E-state index in [1.807, 2.05) is 19.1 Å². The van der Waals surface area contributed by atoms with Crippen LogP contribution in [-0.2, 0) is 6.42 Å². The number of aryl methyl sites for hydroxylation is 1. The number of hydrazine groups is 2. The molecule has 0 amide bonds. The first-order valence-corrected chi connectivity index (χ1v) is 6.16. The summed E-state index contributed by atoms with van der Waals surface area (Å²) in [6.07, 6.45) is 0.994. The largest absolute Gasteiger partial charge is 0.303 e. The summed E-state index contributed by atoms with van der Waals surface area (Å²) < 4.78 is 0. The molecule has 0 saturated carbocycles. The number of nitrogens with one attached hydrogen (secondary N) is 2. The van der Waals surface area contributed by atoms with Crippen molar-refractivity contribution in [1.82, 2.24) is 15.0 Å². The van der Waals surface area contributed by atoms with Crippen molar-refractivity contribution >= 4 is 33.3 Å².